The lowest BCUT2D eigenvalue weighted by atomic mass is 10.4. The molecule has 0 atom stereocenters. The second-order valence-electron chi connectivity index (χ2n) is 4.20. The number of hydrogen-bond donors (Lipinski definition) is 3. The fraction of sp³-hybridized carbons (Fsp3) is 0.889. The second-order valence-corrected chi connectivity index (χ2v) is 5.95. The molecule has 1 fully saturated rings. The van der Waals surface area contributed by atoms with E-state index in [1.807, 2.05) is 13.8 Å². The molecule has 7 nitrogen and oxygen atoms in total. The molecule has 0 aromatic heterocycles. The zero-order valence-corrected chi connectivity index (χ0v) is 11.0. The number of nitrogens with one attached hydrogen (secondary N) is 3. The van der Waals surface area contributed by atoms with Gasteiger partial charge in [0.25, 0.3) is 10.2 Å². The first kappa shape index (κ1) is 14.4. The largest absolute Gasteiger partial charge is 0.353 e. The molecule has 100 valence electrons. The number of piperazine rings is 1. The van der Waals surface area contributed by atoms with Crippen molar-refractivity contribution < 1.29 is 13.2 Å². The predicted octanol–water partition coefficient (Wildman–Crippen LogP) is -1.75. The van der Waals surface area contributed by atoms with Crippen molar-refractivity contribution >= 4 is 16.1 Å². The smallest absolute Gasteiger partial charge is 0.280 e. The fourth-order valence-electron chi connectivity index (χ4n) is 1.51. The van der Waals surface area contributed by atoms with Crippen LogP contribution in [0.25, 0.3) is 0 Å². The van der Waals surface area contributed by atoms with Crippen molar-refractivity contribution in [3.05, 3.63) is 0 Å². The predicted molar refractivity (Wildman–Crippen MR) is 64.6 cm³/mol. The van der Waals surface area contributed by atoms with Crippen LogP contribution in [0.5, 0.6) is 0 Å². The molecule has 0 spiro atoms. The monoisotopic (exact) mass is 264 g/mol. The Morgan fingerprint density at radius 1 is 1.35 bits per heavy atom. The highest BCUT2D eigenvalue weighted by molar-refractivity contribution is 7.87. The van der Waals surface area contributed by atoms with Crippen molar-refractivity contribution in [2.45, 2.75) is 19.9 Å². The van der Waals surface area contributed by atoms with E-state index in [0.29, 0.717) is 26.2 Å². The van der Waals surface area contributed by atoms with E-state index in [9.17, 15) is 13.2 Å². The van der Waals surface area contributed by atoms with Crippen LogP contribution in [0.2, 0.25) is 0 Å². The third-order valence-corrected chi connectivity index (χ3v) is 3.83. The lowest BCUT2D eigenvalue weighted by Crippen LogP contribution is -2.52. The lowest BCUT2D eigenvalue weighted by Gasteiger charge is -2.26. The number of carbonyl (C=O) groups is 1. The van der Waals surface area contributed by atoms with Gasteiger partial charge in [0, 0.05) is 32.2 Å². The first-order chi connectivity index (χ1) is 7.92. The summed E-state index contributed by atoms with van der Waals surface area (Å²) in [6.45, 7) is 5.57. The molecule has 0 aromatic rings. The minimum atomic E-state index is -3.53. The summed E-state index contributed by atoms with van der Waals surface area (Å²) in [5.41, 5.74) is 0. The maximum atomic E-state index is 11.8. The summed E-state index contributed by atoms with van der Waals surface area (Å²) in [6, 6.07) is 0.00573. The Labute approximate surface area is 102 Å². The van der Waals surface area contributed by atoms with Crippen LogP contribution in [0.15, 0.2) is 0 Å². The fourth-order valence-corrected chi connectivity index (χ4v) is 2.67. The molecule has 1 aliphatic heterocycles. The van der Waals surface area contributed by atoms with Crippen LogP contribution in [0, 0.1) is 0 Å². The molecule has 8 heteroatoms. The van der Waals surface area contributed by atoms with E-state index >= 15 is 0 Å². The van der Waals surface area contributed by atoms with Gasteiger partial charge >= 0.3 is 0 Å². The normalized spacial score (nSPS) is 18.3. The van der Waals surface area contributed by atoms with Gasteiger partial charge in [-0.05, 0) is 13.8 Å². The van der Waals surface area contributed by atoms with Gasteiger partial charge in [-0.3, -0.25) is 4.79 Å². The van der Waals surface area contributed by atoms with Gasteiger partial charge in [0.1, 0.15) is 0 Å². The van der Waals surface area contributed by atoms with Gasteiger partial charge < -0.3 is 10.6 Å². The third kappa shape index (κ3) is 4.99. The number of rotatable bonds is 5. The molecular formula is C9H20N4O3S. The van der Waals surface area contributed by atoms with Gasteiger partial charge in [-0.2, -0.15) is 17.4 Å². The molecule has 0 bridgehead atoms. The standard InChI is InChI=1S/C9H20N4O3S/c1-8(2)12-9(14)7-11-17(15,16)13-5-3-10-4-6-13/h8,10-11H,3-7H2,1-2H3,(H,12,14). The Morgan fingerprint density at radius 2 is 1.94 bits per heavy atom. The van der Waals surface area contributed by atoms with Crippen molar-refractivity contribution in [3.8, 4) is 0 Å². The highest BCUT2D eigenvalue weighted by Gasteiger charge is 2.23. The maximum Gasteiger partial charge on any atom is 0.280 e. The molecule has 17 heavy (non-hydrogen) atoms. The molecule has 1 heterocycles. The quantitative estimate of drug-likeness (QED) is 0.549. The van der Waals surface area contributed by atoms with Gasteiger partial charge in [-0.1, -0.05) is 0 Å². The number of hydrogen-bond acceptors (Lipinski definition) is 4. The molecule has 0 aromatic carbocycles. The number of nitrogens with zero attached hydrogens (tertiary/aromatic N) is 1. The van der Waals surface area contributed by atoms with Gasteiger partial charge in [0.2, 0.25) is 5.91 Å². The molecular weight excluding hydrogens is 244 g/mol. The highest BCUT2D eigenvalue weighted by Crippen LogP contribution is 1.99. The van der Waals surface area contributed by atoms with Crippen LogP contribution in [0.1, 0.15) is 13.8 Å². The van der Waals surface area contributed by atoms with Gasteiger partial charge in [-0.25, -0.2) is 0 Å². The Kier molecular flexibility index (Phi) is 5.31. The molecule has 1 rings (SSSR count). The molecule has 1 saturated heterocycles. The highest BCUT2D eigenvalue weighted by atomic mass is 32.2. The van der Waals surface area contributed by atoms with Gasteiger partial charge in [-0.15, -0.1) is 0 Å². The molecule has 1 aliphatic rings. The summed E-state index contributed by atoms with van der Waals surface area (Å²) in [5.74, 6) is -0.321. The summed E-state index contributed by atoms with van der Waals surface area (Å²) < 4.78 is 27.2. The second kappa shape index (κ2) is 6.29. The van der Waals surface area contributed by atoms with Crippen LogP contribution < -0.4 is 15.4 Å². The van der Waals surface area contributed by atoms with Crippen molar-refractivity contribution in [2.75, 3.05) is 32.7 Å². The van der Waals surface area contributed by atoms with Gasteiger partial charge in [0.15, 0.2) is 0 Å². The minimum Gasteiger partial charge on any atom is -0.353 e. The summed E-state index contributed by atoms with van der Waals surface area (Å²) in [7, 11) is -3.53. The zero-order valence-electron chi connectivity index (χ0n) is 10.2. The summed E-state index contributed by atoms with van der Waals surface area (Å²) in [4.78, 5) is 11.3. The van der Waals surface area contributed by atoms with Crippen LogP contribution >= 0.6 is 0 Å². The summed E-state index contributed by atoms with van der Waals surface area (Å²) in [6.07, 6.45) is 0. The first-order valence-electron chi connectivity index (χ1n) is 5.66. The lowest BCUT2D eigenvalue weighted by molar-refractivity contribution is -0.120. The van der Waals surface area contributed by atoms with E-state index in [1.54, 1.807) is 0 Å². The van der Waals surface area contributed by atoms with E-state index in [2.05, 4.69) is 15.4 Å². The summed E-state index contributed by atoms with van der Waals surface area (Å²) in [5, 5.41) is 5.69. The van der Waals surface area contributed by atoms with Crippen molar-refractivity contribution in [2.24, 2.45) is 0 Å². The number of carbonyl (C=O) groups excluding carboxylic acids is 1. The van der Waals surface area contributed by atoms with E-state index in [4.69, 9.17) is 0 Å². The Morgan fingerprint density at radius 3 is 2.47 bits per heavy atom. The van der Waals surface area contributed by atoms with E-state index < -0.39 is 10.2 Å². The minimum absolute atomic E-state index is 0.00573. The van der Waals surface area contributed by atoms with Crippen LogP contribution in [0.3, 0.4) is 0 Å². The molecule has 0 radical (unpaired) electrons. The maximum absolute atomic E-state index is 11.8. The van der Waals surface area contributed by atoms with E-state index in [0.717, 1.165) is 0 Å². The van der Waals surface area contributed by atoms with Crippen LogP contribution in [-0.4, -0.2) is 57.4 Å². The van der Waals surface area contributed by atoms with Crippen LogP contribution in [-0.2, 0) is 15.0 Å². The average Bonchev–Trinajstić information content (AvgIpc) is 2.27. The topological polar surface area (TPSA) is 90.5 Å². The van der Waals surface area contributed by atoms with Crippen molar-refractivity contribution in [1.29, 1.82) is 0 Å². The molecule has 0 aliphatic carbocycles. The summed E-state index contributed by atoms with van der Waals surface area (Å²) >= 11 is 0. The molecule has 3 N–H and O–H groups in total. The molecule has 0 unspecified atom stereocenters. The van der Waals surface area contributed by atoms with E-state index in [-0.39, 0.29) is 18.5 Å². The number of amides is 1. The van der Waals surface area contributed by atoms with Crippen molar-refractivity contribution in [3.63, 3.8) is 0 Å². The Balaban J connectivity index is 2.41. The SMILES string of the molecule is CC(C)NC(=O)CNS(=O)(=O)N1CCNCC1. The average molecular weight is 264 g/mol. The van der Waals surface area contributed by atoms with E-state index in [1.165, 1.54) is 4.31 Å². The zero-order chi connectivity index (χ0) is 12.9. The molecule has 0 saturated carbocycles. The van der Waals surface area contributed by atoms with Crippen molar-refractivity contribution in [1.82, 2.24) is 19.7 Å². The Bertz CT molecular complexity index is 349. The van der Waals surface area contributed by atoms with Gasteiger partial charge in [0.05, 0.1) is 6.54 Å². The first-order valence-corrected chi connectivity index (χ1v) is 7.10. The van der Waals surface area contributed by atoms with Crippen LogP contribution in [0.4, 0.5) is 0 Å². The molecule has 1 amide bonds. The third-order valence-electron chi connectivity index (χ3n) is 2.28. The Hall–Kier alpha value is -0.700.